The summed E-state index contributed by atoms with van der Waals surface area (Å²) in [5.74, 6) is -0.470. The maximum absolute atomic E-state index is 15.3. The first-order valence-electron chi connectivity index (χ1n) is 12.4. The third-order valence-electron chi connectivity index (χ3n) is 6.93. The van der Waals surface area contributed by atoms with Gasteiger partial charge in [-0.1, -0.05) is 61.4 Å². The van der Waals surface area contributed by atoms with Crippen molar-refractivity contribution in [2.24, 2.45) is 0 Å². The summed E-state index contributed by atoms with van der Waals surface area (Å²) in [4.78, 5) is 8.56. The van der Waals surface area contributed by atoms with Crippen LogP contribution in [-0.2, 0) is 10.0 Å². The average molecular weight is 529 g/mol. The third kappa shape index (κ3) is 4.37. The van der Waals surface area contributed by atoms with E-state index in [4.69, 9.17) is 10.8 Å². The van der Waals surface area contributed by atoms with Gasteiger partial charge in [0, 0.05) is 5.56 Å². The molecule has 38 heavy (non-hydrogen) atoms. The van der Waals surface area contributed by atoms with Crippen LogP contribution in [0, 0.1) is 5.82 Å². The Bertz CT molecular complexity index is 1750. The van der Waals surface area contributed by atoms with Crippen LogP contribution in [0.5, 0.6) is 0 Å². The fourth-order valence-corrected chi connectivity index (χ4v) is 6.14. The van der Waals surface area contributed by atoms with Crippen molar-refractivity contribution in [2.75, 3.05) is 10.5 Å². The van der Waals surface area contributed by atoms with Gasteiger partial charge < -0.3 is 5.73 Å². The second-order valence-electron chi connectivity index (χ2n) is 9.38. The molecule has 0 spiro atoms. The lowest BCUT2D eigenvalue weighted by Gasteiger charge is -2.11. The van der Waals surface area contributed by atoms with E-state index < -0.39 is 15.8 Å². The molecule has 1 aliphatic rings. The van der Waals surface area contributed by atoms with E-state index in [2.05, 4.69) is 14.7 Å². The minimum atomic E-state index is -4.04. The molecule has 3 aromatic carbocycles. The Morgan fingerprint density at radius 2 is 1.66 bits per heavy atom. The second-order valence-corrected chi connectivity index (χ2v) is 11.1. The van der Waals surface area contributed by atoms with Gasteiger partial charge in [-0.15, -0.1) is 0 Å². The fraction of sp³-hybridized carbons (Fsp3) is 0.179. The summed E-state index contributed by atoms with van der Waals surface area (Å²) in [7, 11) is -4.04. The van der Waals surface area contributed by atoms with Gasteiger partial charge in [0.2, 0.25) is 0 Å². The van der Waals surface area contributed by atoms with Gasteiger partial charge in [0.15, 0.2) is 5.65 Å². The largest absolute Gasteiger partial charge is 0.383 e. The maximum Gasteiger partial charge on any atom is 0.262 e. The van der Waals surface area contributed by atoms with Gasteiger partial charge in [-0.05, 0) is 48.2 Å². The van der Waals surface area contributed by atoms with Gasteiger partial charge in [0.05, 0.1) is 22.0 Å². The maximum atomic E-state index is 15.3. The summed E-state index contributed by atoms with van der Waals surface area (Å²) in [5.41, 5.74) is 9.19. The Balaban J connectivity index is 1.33. The summed E-state index contributed by atoms with van der Waals surface area (Å²) in [6, 6.07) is 20.4. The van der Waals surface area contributed by atoms with Gasteiger partial charge in [0.1, 0.15) is 23.7 Å². The van der Waals surface area contributed by atoms with Crippen LogP contribution in [0.4, 0.5) is 15.9 Å². The van der Waals surface area contributed by atoms with Crippen LogP contribution in [0.1, 0.15) is 31.7 Å². The van der Waals surface area contributed by atoms with E-state index in [-0.39, 0.29) is 22.4 Å². The molecule has 1 fully saturated rings. The number of hydrogen-bond acceptors (Lipinski definition) is 6. The van der Waals surface area contributed by atoms with Crippen molar-refractivity contribution in [3.63, 3.8) is 0 Å². The van der Waals surface area contributed by atoms with Crippen LogP contribution in [0.2, 0.25) is 0 Å². The highest BCUT2D eigenvalue weighted by Crippen LogP contribution is 2.37. The van der Waals surface area contributed by atoms with Crippen molar-refractivity contribution in [1.29, 1.82) is 0 Å². The van der Waals surface area contributed by atoms with Crippen molar-refractivity contribution >= 4 is 32.6 Å². The summed E-state index contributed by atoms with van der Waals surface area (Å²) < 4.78 is 45.8. The van der Waals surface area contributed by atoms with E-state index in [1.54, 1.807) is 18.2 Å². The quantitative estimate of drug-likeness (QED) is 0.288. The standard InChI is InChI=1S/C28H25FN6O2S/c29-23-16-20(26-25-27(30)31-17-32-28(25)35(33-26)21-10-4-5-11-21)13-14-24(23)34-38(36,37)22-12-6-9-19(15-22)18-7-2-1-3-8-18/h1-3,6-9,12-17,21,34H,4-5,10-11H2,(H2,30,31,32). The van der Waals surface area contributed by atoms with Crippen LogP contribution < -0.4 is 10.5 Å². The van der Waals surface area contributed by atoms with Crippen LogP contribution >= 0.6 is 0 Å². The van der Waals surface area contributed by atoms with Crippen molar-refractivity contribution in [2.45, 2.75) is 36.6 Å². The Hall–Kier alpha value is -4.31. The number of nitrogen functional groups attached to an aromatic ring is 1. The summed E-state index contributed by atoms with van der Waals surface area (Å²) in [6.07, 6.45) is 5.60. The predicted octanol–water partition coefficient (Wildman–Crippen LogP) is 5.80. The number of hydrogen-bond donors (Lipinski definition) is 2. The molecule has 192 valence electrons. The zero-order valence-corrected chi connectivity index (χ0v) is 21.2. The van der Waals surface area contributed by atoms with Crippen LogP contribution in [0.3, 0.4) is 0 Å². The highest BCUT2D eigenvalue weighted by Gasteiger charge is 2.25. The molecule has 0 aliphatic heterocycles. The summed E-state index contributed by atoms with van der Waals surface area (Å²) in [6.45, 7) is 0. The Labute approximate surface area is 219 Å². The van der Waals surface area contributed by atoms with Crippen LogP contribution in [0.15, 0.2) is 84.0 Å². The predicted molar refractivity (Wildman–Crippen MR) is 145 cm³/mol. The molecule has 0 saturated heterocycles. The number of aromatic nitrogens is 4. The van der Waals surface area contributed by atoms with E-state index >= 15 is 4.39 Å². The minimum absolute atomic E-state index is 0.0357. The molecule has 0 radical (unpaired) electrons. The molecule has 2 aromatic heterocycles. The first-order chi connectivity index (χ1) is 18.4. The summed E-state index contributed by atoms with van der Waals surface area (Å²) in [5, 5.41) is 5.32. The Morgan fingerprint density at radius 1 is 0.895 bits per heavy atom. The molecule has 0 amide bonds. The van der Waals surface area contributed by atoms with Crippen molar-refractivity contribution in [1.82, 2.24) is 19.7 Å². The van der Waals surface area contributed by atoms with Crippen LogP contribution in [0.25, 0.3) is 33.4 Å². The molecule has 6 rings (SSSR count). The second kappa shape index (κ2) is 9.53. The molecule has 0 unspecified atom stereocenters. The molecule has 8 nitrogen and oxygen atoms in total. The van der Waals surface area contributed by atoms with E-state index in [0.717, 1.165) is 36.8 Å². The number of sulfonamides is 1. The van der Waals surface area contributed by atoms with Crippen molar-refractivity contribution in [3.8, 4) is 22.4 Å². The molecule has 2 heterocycles. The molecule has 1 aliphatic carbocycles. The normalized spacial score (nSPS) is 14.2. The van der Waals surface area contributed by atoms with Gasteiger partial charge >= 0.3 is 0 Å². The van der Waals surface area contributed by atoms with E-state index in [9.17, 15) is 8.42 Å². The molecule has 10 heteroatoms. The molecule has 0 atom stereocenters. The number of nitrogens with zero attached hydrogens (tertiary/aromatic N) is 4. The Kier molecular flexibility index (Phi) is 6.03. The van der Waals surface area contributed by atoms with Gasteiger partial charge in [0.25, 0.3) is 10.0 Å². The highest BCUT2D eigenvalue weighted by molar-refractivity contribution is 7.92. The number of benzene rings is 3. The summed E-state index contributed by atoms with van der Waals surface area (Å²) >= 11 is 0. The first kappa shape index (κ1) is 24.1. The third-order valence-corrected chi connectivity index (χ3v) is 8.29. The fourth-order valence-electron chi connectivity index (χ4n) is 5.02. The average Bonchev–Trinajstić information content (AvgIpc) is 3.59. The molecular weight excluding hydrogens is 503 g/mol. The molecular formula is C28H25FN6O2S. The lowest BCUT2D eigenvalue weighted by Crippen LogP contribution is -2.14. The number of rotatable bonds is 6. The van der Waals surface area contributed by atoms with Crippen LogP contribution in [-0.4, -0.2) is 28.2 Å². The Morgan fingerprint density at radius 3 is 2.42 bits per heavy atom. The topological polar surface area (TPSA) is 116 Å². The van der Waals surface area contributed by atoms with Crippen molar-refractivity contribution in [3.05, 3.63) is 84.9 Å². The number of nitrogens with two attached hydrogens (primary N) is 1. The zero-order valence-electron chi connectivity index (χ0n) is 20.4. The van der Waals surface area contributed by atoms with E-state index in [1.807, 2.05) is 41.1 Å². The molecule has 3 N–H and O–H groups in total. The van der Waals surface area contributed by atoms with E-state index in [0.29, 0.717) is 22.3 Å². The van der Waals surface area contributed by atoms with Gasteiger partial charge in [-0.2, -0.15) is 5.10 Å². The molecule has 5 aromatic rings. The van der Waals surface area contributed by atoms with Gasteiger partial charge in [-0.3, -0.25) is 4.72 Å². The molecule has 0 bridgehead atoms. The number of fused-ring (bicyclic) bond motifs is 1. The number of halogens is 1. The lowest BCUT2D eigenvalue weighted by atomic mass is 10.1. The van der Waals surface area contributed by atoms with Crippen molar-refractivity contribution < 1.29 is 12.8 Å². The lowest BCUT2D eigenvalue weighted by molar-refractivity contribution is 0.479. The first-order valence-corrected chi connectivity index (χ1v) is 13.9. The number of anilines is 2. The monoisotopic (exact) mass is 528 g/mol. The smallest absolute Gasteiger partial charge is 0.262 e. The zero-order chi connectivity index (χ0) is 26.3. The van der Waals surface area contributed by atoms with E-state index in [1.165, 1.54) is 24.5 Å². The number of nitrogens with one attached hydrogen (secondary N) is 1. The molecule has 1 saturated carbocycles. The minimum Gasteiger partial charge on any atom is -0.383 e. The highest BCUT2D eigenvalue weighted by atomic mass is 32.2. The SMILES string of the molecule is Nc1ncnc2c1c(-c1ccc(NS(=O)(=O)c3cccc(-c4ccccc4)c3)c(F)c1)nn2C1CCCC1. The van der Waals surface area contributed by atoms with Gasteiger partial charge in [-0.25, -0.2) is 27.5 Å².